The lowest BCUT2D eigenvalue weighted by Gasteiger charge is -2.17. The maximum atomic E-state index is 12.7. The van der Waals surface area contributed by atoms with Crippen molar-refractivity contribution in [2.75, 3.05) is 16.3 Å². The molecule has 7 heteroatoms. The van der Waals surface area contributed by atoms with Crippen LogP contribution in [-0.4, -0.2) is 14.7 Å². The Morgan fingerprint density at radius 1 is 0.957 bits per heavy atom. The molecule has 2 rings (SSSR count). The van der Waals surface area contributed by atoms with E-state index in [-0.39, 0.29) is 11.6 Å². The normalized spacial score (nSPS) is 12.9. The van der Waals surface area contributed by atoms with Crippen molar-refractivity contribution in [3.63, 3.8) is 0 Å². The predicted molar refractivity (Wildman–Crippen MR) is 88.3 cm³/mol. The summed E-state index contributed by atoms with van der Waals surface area (Å²) in [6.45, 7) is 1.90. The highest BCUT2D eigenvalue weighted by Gasteiger charge is 2.10. The smallest absolute Gasteiger partial charge is 0.263 e. The quantitative estimate of drug-likeness (QED) is 0.830. The minimum atomic E-state index is -3.31. The van der Waals surface area contributed by atoms with E-state index in [9.17, 15) is 17.2 Å². The van der Waals surface area contributed by atoms with Crippen LogP contribution in [0.1, 0.15) is 30.5 Å². The summed E-state index contributed by atoms with van der Waals surface area (Å²) in [5.74, 6) is 0. The molecule has 2 aromatic rings. The van der Waals surface area contributed by atoms with E-state index in [1.54, 1.807) is 36.4 Å². The molecule has 0 fully saturated rings. The molecule has 0 bridgehead atoms. The highest BCUT2D eigenvalue weighted by atomic mass is 32.2. The number of alkyl halides is 2. The molecule has 2 N–H and O–H groups in total. The van der Waals surface area contributed by atoms with Crippen LogP contribution in [0.4, 0.5) is 20.2 Å². The second kappa shape index (κ2) is 6.95. The van der Waals surface area contributed by atoms with Gasteiger partial charge in [-0.3, -0.25) is 4.72 Å². The van der Waals surface area contributed by atoms with Crippen LogP contribution in [0.15, 0.2) is 48.5 Å². The molecule has 2 aromatic carbocycles. The molecular formula is C16H18F2N2O2S. The third-order valence-corrected chi connectivity index (χ3v) is 3.84. The van der Waals surface area contributed by atoms with Crippen LogP contribution in [0.2, 0.25) is 0 Å². The molecule has 0 aliphatic carbocycles. The number of nitrogens with one attached hydrogen (secondary N) is 2. The second-order valence-electron chi connectivity index (χ2n) is 5.29. The van der Waals surface area contributed by atoms with Gasteiger partial charge in [-0.15, -0.1) is 0 Å². The highest BCUT2D eigenvalue weighted by Crippen LogP contribution is 2.25. The fraction of sp³-hybridized carbons (Fsp3) is 0.250. The number of sulfonamides is 1. The lowest BCUT2D eigenvalue weighted by atomic mass is 10.1. The molecule has 0 spiro atoms. The topological polar surface area (TPSA) is 58.2 Å². The Hall–Kier alpha value is -2.15. The van der Waals surface area contributed by atoms with E-state index in [0.717, 1.165) is 11.8 Å². The lowest BCUT2D eigenvalue weighted by molar-refractivity contribution is 0.151. The number of halogens is 2. The van der Waals surface area contributed by atoms with Gasteiger partial charge < -0.3 is 5.32 Å². The van der Waals surface area contributed by atoms with Crippen LogP contribution in [0, 0.1) is 0 Å². The molecule has 0 amide bonds. The van der Waals surface area contributed by atoms with Gasteiger partial charge in [-0.2, -0.15) is 0 Å². The maximum Gasteiger partial charge on any atom is 0.263 e. The molecule has 124 valence electrons. The molecule has 0 saturated heterocycles. The van der Waals surface area contributed by atoms with Gasteiger partial charge in [-0.1, -0.05) is 24.3 Å². The van der Waals surface area contributed by atoms with Gasteiger partial charge in [0.25, 0.3) is 6.43 Å². The number of rotatable bonds is 6. The summed E-state index contributed by atoms with van der Waals surface area (Å²) in [6.07, 6.45) is -1.42. The molecule has 0 aromatic heterocycles. The molecule has 0 heterocycles. The van der Waals surface area contributed by atoms with E-state index >= 15 is 0 Å². The predicted octanol–water partition coefficient (Wildman–Crippen LogP) is 4.17. The summed E-state index contributed by atoms with van der Waals surface area (Å²) >= 11 is 0. The van der Waals surface area contributed by atoms with Gasteiger partial charge in [0.2, 0.25) is 10.0 Å². The van der Waals surface area contributed by atoms with Gasteiger partial charge >= 0.3 is 0 Å². The van der Waals surface area contributed by atoms with Crippen molar-refractivity contribution >= 4 is 21.4 Å². The Morgan fingerprint density at radius 2 is 1.61 bits per heavy atom. The van der Waals surface area contributed by atoms with Crippen molar-refractivity contribution in [1.29, 1.82) is 0 Å². The zero-order chi connectivity index (χ0) is 17.0. The van der Waals surface area contributed by atoms with E-state index in [4.69, 9.17) is 0 Å². The van der Waals surface area contributed by atoms with Crippen LogP contribution in [0.25, 0.3) is 0 Å². The Kier molecular flexibility index (Phi) is 5.20. The first-order chi connectivity index (χ1) is 10.7. The summed E-state index contributed by atoms with van der Waals surface area (Å²) in [5, 5.41) is 3.15. The van der Waals surface area contributed by atoms with Crippen LogP contribution in [-0.2, 0) is 10.0 Å². The first kappa shape index (κ1) is 17.2. The van der Waals surface area contributed by atoms with E-state index < -0.39 is 16.4 Å². The monoisotopic (exact) mass is 340 g/mol. The SMILES string of the molecule is C[C@H](Nc1cccc(C(F)F)c1)c1ccc(NS(C)(=O)=O)cc1. The fourth-order valence-electron chi connectivity index (χ4n) is 2.15. The Labute approximate surface area is 134 Å². The third kappa shape index (κ3) is 5.21. The van der Waals surface area contributed by atoms with Crippen molar-refractivity contribution in [3.8, 4) is 0 Å². The molecule has 0 aliphatic heterocycles. The summed E-state index contributed by atoms with van der Waals surface area (Å²) in [4.78, 5) is 0. The molecular weight excluding hydrogens is 322 g/mol. The van der Waals surface area contributed by atoms with Gasteiger partial charge in [0.05, 0.1) is 6.26 Å². The van der Waals surface area contributed by atoms with Crippen LogP contribution >= 0.6 is 0 Å². The summed E-state index contributed by atoms with van der Waals surface area (Å²) in [6, 6.07) is 12.9. The minimum Gasteiger partial charge on any atom is -0.379 e. The van der Waals surface area contributed by atoms with Gasteiger partial charge in [0.1, 0.15) is 0 Å². The van der Waals surface area contributed by atoms with E-state index in [0.29, 0.717) is 11.4 Å². The van der Waals surface area contributed by atoms with E-state index in [2.05, 4.69) is 10.0 Å². The molecule has 0 saturated carbocycles. The summed E-state index contributed by atoms with van der Waals surface area (Å²) < 4.78 is 50.1. The summed E-state index contributed by atoms with van der Waals surface area (Å²) in [7, 11) is -3.31. The third-order valence-electron chi connectivity index (χ3n) is 3.24. The largest absolute Gasteiger partial charge is 0.379 e. The average Bonchev–Trinajstić information content (AvgIpc) is 2.46. The molecule has 0 aliphatic rings. The van der Waals surface area contributed by atoms with Gasteiger partial charge in [-0.25, -0.2) is 17.2 Å². The fourth-order valence-corrected chi connectivity index (χ4v) is 2.72. The standard InChI is InChI=1S/C16H18F2N2O2S/c1-11(19-15-5-3-4-13(10-15)16(17)18)12-6-8-14(9-7-12)20-23(2,21)22/h3-11,16,19-20H,1-2H3/t11-/m0/s1. The molecule has 0 radical (unpaired) electrons. The van der Waals surface area contributed by atoms with Gasteiger partial charge in [-0.05, 0) is 36.8 Å². The minimum absolute atomic E-state index is 0.0325. The van der Waals surface area contributed by atoms with Crippen molar-refractivity contribution in [2.24, 2.45) is 0 Å². The van der Waals surface area contributed by atoms with Crippen molar-refractivity contribution in [2.45, 2.75) is 19.4 Å². The molecule has 23 heavy (non-hydrogen) atoms. The molecule has 4 nitrogen and oxygen atoms in total. The van der Waals surface area contributed by atoms with Crippen molar-refractivity contribution < 1.29 is 17.2 Å². The van der Waals surface area contributed by atoms with Crippen LogP contribution in [0.3, 0.4) is 0 Å². The van der Waals surface area contributed by atoms with Crippen LogP contribution < -0.4 is 10.0 Å². The Bertz CT molecular complexity index is 762. The Morgan fingerprint density at radius 3 is 2.17 bits per heavy atom. The highest BCUT2D eigenvalue weighted by molar-refractivity contribution is 7.92. The Balaban J connectivity index is 2.08. The van der Waals surface area contributed by atoms with Gasteiger partial charge in [0.15, 0.2) is 0 Å². The zero-order valence-corrected chi connectivity index (χ0v) is 13.6. The molecule has 0 unspecified atom stereocenters. The van der Waals surface area contributed by atoms with Crippen molar-refractivity contribution in [1.82, 2.24) is 0 Å². The molecule has 1 atom stereocenters. The van der Waals surface area contributed by atoms with Crippen molar-refractivity contribution in [3.05, 3.63) is 59.7 Å². The number of anilines is 2. The van der Waals surface area contributed by atoms with Crippen LogP contribution in [0.5, 0.6) is 0 Å². The first-order valence-corrected chi connectivity index (χ1v) is 8.86. The lowest BCUT2D eigenvalue weighted by Crippen LogP contribution is -2.10. The van der Waals surface area contributed by atoms with E-state index in [1.165, 1.54) is 12.1 Å². The number of benzene rings is 2. The average molecular weight is 340 g/mol. The first-order valence-electron chi connectivity index (χ1n) is 6.97. The number of hydrogen-bond donors (Lipinski definition) is 2. The zero-order valence-electron chi connectivity index (χ0n) is 12.8. The summed E-state index contributed by atoms with van der Waals surface area (Å²) in [5.41, 5.74) is 1.96. The van der Waals surface area contributed by atoms with E-state index in [1.807, 2.05) is 6.92 Å². The van der Waals surface area contributed by atoms with Gasteiger partial charge in [0, 0.05) is 23.0 Å². The number of hydrogen-bond acceptors (Lipinski definition) is 3. The maximum absolute atomic E-state index is 12.7. The second-order valence-corrected chi connectivity index (χ2v) is 7.04.